The van der Waals surface area contributed by atoms with E-state index in [1.165, 1.54) is 0 Å². The van der Waals surface area contributed by atoms with Crippen LogP contribution in [0.2, 0.25) is 5.02 Å². The van der Waals surface area contributed by atoms with E-state index < -0.39 is 17.7 Å². The summed E-state index contributed by atoms with van der Waals surface area (Å²) >= 11 is 9.83. The standard InChI is InChI=1S/C24H18BrClN6O3/c25-17-12-29-32-20(11-19(30-22(17)32)16-7-3-4-8-18(16)26)27-9-10-28-21(33)13-31-23(34)14-5-1-2-6-15(14)24(31)35/h1-8,11-12,27H,9-10,13H2,(H,28,33). The molecule has 3 heterocycles. The molecule has 2 aromatic carbocycles. The lowest BCUT2D eigenvalue weighted by Crippen LogP contribution is -2.41. The third-order valence-electron chi connectivity index (χ3n) is 5.51. The first-order valence-corrected chi connectivity index (χ1v) is 11.9. The highest BCUT2D eigenvalue weighted by Gasteiger charge is 2.36. The van der Waals surface area contributed by atoms with Crippen LogP contribution in [-0.2, 0) is 4.79 Å². The van der Waals surface area contributed by atoms with E-state index in [-0.39, 0.29) is 13.1 Å². The molecule has 0 spiro atoms. The minimum absolute atomic E-state index is 0.260. The van der Waals surface area contributed by atoms with Gasteiger partial charge in [-0.2, -0.15) is 9.61 Å². The first-order chi connectivity index (χ1) is 16.9. The number of benzene rings is 2. The molecule has 0 fully saturated rings. The van der Waals surface area contributed by atoms with Gasteiger partial charge in [-0.3, -0.25) is 19.3 Å². The van der Waals surface area contributed by atoms with E-state index >= 15 is 0 Å². The van der Waals surface area contributed by atoms with Crippen molar-refractivity contribution >= 4 is 56.7 Å². The number of rotatable bonds is 7. The summed E-state index contributed by atoms with van der Waals surface area (Å²) in [6.45, 7) is 0.288. The quantitative estimate of drug-likeness (QED) is 0.267. The number of halogens is 2. The van der Waals surface area contributed by atoms with Gasteiger partial charge in [-0.25, -0.2) is 4.98 Å². The number of hydrogen-bond donors (Lipinski definition) is 2. The summed E-state index contributed by atoms with van der Waals surface area (Å²) in [6.07, 6.45) is 1.65. The second kappa shape index (κ2) is 9.47. The van der Waals surface area contributed by atoms with Crippen LogP contribution < -0.4 is 10.6 Å². The average Bonchev–Trinajstić information content (AvgIpc) is 3.35. The van der Waals surface area contributed by atoms with Gasteiger partial charge in [-0.1, -0.05) is 41.9 Å². The summed E-state index contributed by atoms with van der Waals surface area (Å²) in [7, 11) is 0. The molecule has 0 aliphatic carbocycles. The largest absolute Gasteiger partial charge is 0.368 e. The number of nitrogens with one attached hydrogen (secondary N) is 2. The molecule has 0 saturated heterocycles. The van der Waals surface area contributed by atoms with E-state index in [0.717, 1.165) is 14.9 Å². The Balaban J connectivity index is 1.24. The zero-order chi connectivity index (χ0) is 24.5. The molecule has 0 bridgehead atoms. The minimum atomic E-state index is -0.464. The number of anilines is 1. The molecule has 1 aliphatic rings. The van der Waals surface area contributed by atoms with E-state index in [1.807, 2.05) is 24.3 Å². The lowest BCUT2D eigenvalue weighted by Gasteiger charge is -2.14. The van der Waals surface area contributed by atoms with Crippen LogP contribution in [0.4, 0.5) is 5.82 Å². The van der Waals surface area contributed by atoms with Crippen molar-refractivity contribution in [2.45, 2.75) is 0 Å². The van der Waals surface area contributed by atoms with Gasteiger partial charge in [-0.15, -0.1) is 0 Å². The number of amides is 3. The molecule has 0 saturated carbocycles. The summed E-state index contributed by atoms with van der Waals surface area (Å²) in [6, 6.07) is 15.8. The fourth-order valence-electron chi connectivity index (χ4n) is 3.84. The Bertz CT molecular complexity index is 1450. The maximum absolute atomic E-state index is 12.4. The van der Waals surface area contributed by atoms with Crippen molar-refractivity contribution < 1.29 is 14.4 Å². The molecule has 5 rings (SSSR count). The first kappa shape index (κ1) is 23.0. The Morgan fingerprint density at radius 1 is 0.971 bits per heavy atom. The highest BCUT2D eigenvalue weighted by atomic mass is 79.9. The fraction of sp³-hybridized carbons (Fsp3) is 0.125. The summed E-state index contributed by atoms with van der Waals surface area (Å²) in [5.41, 5.74) is 2.69. The van der Waals surface area contributed by atoms with E-state index in [1.54, 1.807) is 41.0 Å². The van der Waals surface area contributed by atoms with Gasteiger partial charge in [0.15, 0.2) is 5.65 Å². The molecule has 2 N–H and O–H groups in total. The van der Waals surface area contributed by atoms with Gasteiger partial charge in [0.25, 0.3) is 11.8 Å². The topological polar surface area (TPSA) is 109 Å². The molecular weight excluding hydrogens is 536 g/mol. The van der Waals surface area contributed by atoms with Crippen molar-refractivity contribution in [3.63, 3.8) is 0 Å². The van der Waals surface area contributed by atoms with Gasteiger partial charge in [0, 0.05) is 29.7 Å². The minimum Gasteiger partial charge on any atom is -0.368 e. The number of nitrogens with zero attached hydrogens (tertiary/aromatic N) is 4. The van der Waals surface area contributed by atoms with Crippen LogP contribution in [0.3, 0.4) is 0 Å². The molecule has 0 atom stereocenters. The maximum atomic E-state index is 12.4. The third-order valence-corrected chi connectivity index (χ3v) is 6.40. The van der Waals surface area contributed by atoms with Crippen LogP contribution in [0.15, 0.2) is 65.3 Å². The Hall–Kier alpha value is -3.76. The molecule has 2 aromatic heterocycles. The molecule has 0 radical (unpaired) electrons. The predicted octanol–water partition coefficient (Wildman–Crippen LogP) is 3.64. The van der Waals surface area contributed by atoms with E-state index in [2.05, 4.69) is 36.6 Å². The maximum Gasteiger partial charge on any atom is 0.262 e. The average molecular weight is 554 g/mol. The number of fused-ring (bicyclic) bond motifs is 2. The number of aromatic nitrogens is 3. The summed E-state index contributed by atoms with van der Waals surface area (Å²) < 4.78 is 2.37. The van der Waals surface area contributed by atoms with Crippen LogP contribution in [0.1, 0.15) is 20.7 Å². The summed E-state index contributed by atoms with van der Waals surface area (Å²) in [5.74, 6) is -0.700. The van der Waals surface area contributed by atoms with Crippen LogP contribution in [0.5, 0.6) is 0 Å². The lowest BCUT2D eigenvalue weighted by molar-refractivity contribution is -0.121. The monoisotopic (exact) mass is 552 g/mol. The molecule has 176 valence electrons. The Morgan fingerprint density at radius 2 is 1.63 bits per heavy atom. The smallest absolute Gasteiger partial charge is 0.262 e. The van der Waals surface area contributed by atoms with Gasteiger partial charge in [0.1, 0.15) is 12.4 Å². The van der Waals surface area contributed by atoms with Gasteiger partial charge in [0.2, 0.25) is 5.91 Å². The normalized spacial score (nSPS) is 12.8. The Labute approximate surface area is 213 Å². The first-order valence-electron chi connectivity index (χ1n) is 10.7. The van der Waals surface area contributed by atoms with E-state index in [4.69, 9.17) is 11.6 Å². The predicted molar refractivity (Wildman–Crippen MR) is 134 cm³/mol. The number of imide groups is 1. The van der Waals surface area contributed by atoms with Crippen LogP contribution in [0.25, 0.3) is 16.9 Å². The van der Waals surface area contributed by atoms with Crippen LogP contribution in [0, 0.1) is 0 Å². The molecular formula is C24H18BrClN6O3. The lowest BCUT2D eigenvalue weighted by atomic mass is 10.1. The van der Waals surface area contributed by atoms with Gasteiger partial charge in [0.05, 0.1) is 27.5 Å². The summed E-state index contributed by atoms with van der Waals surface area (Å²) in [4.78, 5) is 42.9. The second-order valence-corrected chi connectivity index (χ2v) is 9.01. The highest BCUT2D eigenvalue weighted by Crippen LogP contribution is 2.30. The molecule has 11 heteroatoms. The van der Waals surface area contributed by atoms with Crippen molar-refractivity contribution in [3.8, 4) is 11.3 Å². The van der Waals surface area contributed by atoms with Gasteiger partial charge in [-0.05, 0) is 34.1 Å². The zero-order valence-electron chi connectivity index (χ0n) is 18.2. The van der Waals surface area contributed by atoms with Crippen molar-refractivity contribution in [3.05, 3.63) is 81.4 Å². The fourth-order valence-corrected chi connectivity index (χ4v) is 4.42. The van der Waals surface area contributed by atoms with Crippen molar-refractivity contribution in [1.82, 2.24) is 24.8 Å². The third kappa shape index (κ3) is 4.38. The zero-order valence-corrected chi connectivity index (χ0v) is 20.5. The Morgan fingerprint density at radius 3 is 2.31 bits per heavy atom. The molecule has 1 aliphatic heterocycles. The number of carbonyl (C=O) groups is 3. The molecule has 0 unspecified atom stereocenters. The van der Waals surface area contributed by atoms with E-state index in [0.29, 0.717) is 39.9 Å². The van der Waals surface area contributed by atoms with Gasteiger partial charge >= 0.3 is 0 Å². The number of hydrogen-bond acceptors (Lipinski definition) is 6. The molecule has 3 amide bonds. The van der Waals surface area contributed by atoms with Gasteiger partial charge < -0.3 is 10.6 Å². The molecule has 4 aromatic rings. The summed E-state index contributed by atoms with van der Waals surface area (Å²) in [5, 5.41) is 10.9. The van der Waals surface area contributed by atoms with Crippen molar-refractivity contribution in [1.29, 1.82) is 0 Å². The SMILES string of the molecule is O=C(CN1C(=O)c2ccccc2C1=O)NCCNc1cc(-c2ccccc2Cl)nc2c(Br)cnn12. The van der Waals surface area contributed by atoms with Crippen molar-refractivity contribution in [2.75, 3.05) is 25.0 Å². The Kier molecular flexibility index (Phi) is 6.23. The van der Waals surface area contributed by atoms with E-state index in [9.17, 15) is 14.4 Å². The van der Waals surface area contributed by atoms with Crippen molar-refractivity contribution in [2.24, 2.45) is 0 Å². The van der Waals surface area contributed by atoms with Crippen LogP contribution >= 0.6 is 27.5 Å². The highest BCUT2D eigenvalue weighted by molar-refractivity contribution is 9.10. The molecule has 9 nitrogen and oxygen atoms in total. The second-order valence-electron chi connectivity index (χ2n) is 7.75. The van der Waals surface area contributed by atoms with Crippen LogP contribution in [-0.4, -0.2) is 56.9 Å². The number of carbonyl (C=O) groups excluding carboxylic acids is 3. The molecule has 35 heavy (non-hydrogen) atoms.